The van der Waals surface area contributed by atoms with Crippen LogP contribution in [0, 0.1) is 0 Å². The zero-order valence-corrected chi connectivity index (χ0v) is 29.4. The molecule has 0 aliphatic carbocycles. The van der Waals surface area contributed by atoms with E-state index in [-0.39, 0.29) is 0 Å². The molecule has 10 aromatic carbocycles. The molecule has 1 aromatic heterocycles. The van der Waals surface area contributed by atoms with E-state index in [1.54, 1.807) is 0 Å². The maximum atomic E-state index is 6.70. The van der Waals surface area contributed by atoms with Crippen molar-refractivity contribution in [1.29, 1.82) is 0 Å². The molecule has 0 aliphatic rings. The first-order chi connectivity index (χ1) is 26.7. The van der Waals surface area contributed by atoms with Gasteiger partial charge in [0.1, 0.15) is 11.2 Å². The number of benzene rings is 10. The zero-order chi connectivity index (χ0) is 35.6. The molecule has 2 nitrogen and oxygen atoms in total. The molecule has 0 amide bonds. The molecule has 0 aliphatic heterocycles. The highest BCUT2D eigenvalue weighted by Gasteiger charge is 2.16. The molecule has 0 bridgehead atoms. The second-order valence-electron chi connectivity index (χ2n) is 14.2. The lowest BCUT2D eigenvalue weighted by Gasteiger charge is -2.26. The minimum Gasteiger partial charge on any atom is -0.455 e. The van der Waals surface area contributed by atoms with E-state index in [4.69, 9.17) is 4.42 Å². The fourth-order valence-corrected chi connectivity index (χ4v) is 8.20. The van der Waals surface area contributed by atoms with Gasteiger partial charge in [-0.1, -0.05) is 140 Å². The SMILES string of the molecule is c1ccc2cc(-c3ccc(N(c4ccc(-c5ccc6ccc7c8ccc9ccccc9c8oc7c6c5)cc4)c4ccc5ccccc5c4)cc3)ccc2c1. The summed E-state index contributed by atoms with van der Waals surface area (Å²) in [7, 11) is 0. The highest BCUT2D eigenvalue weighted by Crippen LogP contribution is 2.41. The standard InChI is InChI=1S/C52H33NO/c1-3-10-40-31-42(15-13-34(40)7-1)36-17-24-44(25-18-36)53(46-28-21-35-8-2-4-11-41(35)32-46)45-26-19-37(20-27-45)43-16-14-39-23-30-49-48-29-22-38-9-5-6-12-47(38)51(48)54-52(49)50(39)33-43/h1-33H. The number of rotatable bonds is 5. The first-order valence-corrected chi connectivity index (χ1v) is 18.5. The molecule has 11 rings (SSSR count). The predicted molar refractivity (Wildman–Crippen MR) is 229 cm³/mol. The van der Waals surface area contributed by atoms with Crippen molar-refractivity contribution in [2.45, 2.75) is 0 Å². The highest BCUT2D eigenvalue weighted by molar-refractivity contribution is 6.20. The molecule has 2 heteroatoms. The van der Waals surface area contributed by atoms with Gasteiger partial charge in [-0.15, -0.1) is 0 Å². The summed E-state index contributed by atoms with van der Waals surface area (Å²) in [5.41, 5.74) is 9.93. The van der Waals surface area contributed by atoms with Gasteiger partial charge in [-0.2, -0.15) is 0 Å². The molecule has 54 heavy (non-hydrogen) atoms. The largest absolute Gasteiger partial charge is 0.455 e. The lowest BCUT2D eigenvalue weighted by Crippen LogP contribution is -2.09. The molecule has 0 N–H and O–H groups in total. The average Bonchev–Trinajstić information content (AvgIpc) is 3.64. The molecule has 0 fully saturated rings. The third kappa shape index (κ3) is 5.03. The number of hydrogen-bond donors (Lipinski definition) is 0. The van der Waals surface area contributed by atoms with Crippen molar-refractivity contribution in [1.82, 2.24) is 0 Å². The number of furan rings is 1. The molecule has 1 heterocycles. The quantitative estimate of drug-likeness (QED) is 0.179. The second-order valence-corrected chi connectivity index (χ2v) is 14.2. The van der Waals surface area contributed by atoms with Gasteiger partial charge >= 0.3 is 0 Å². The van der Waals surface area contributed by atoms with E-state index in [1.165, 1.54) is 43.4 Å². The maximum Gasteiger partial charge on any atom is 0.143 e. The van der Waals surface area contributed by atoms with Gasteiger partial charge in [0.15, 0.2) is 0 Å². The summed E-state index contributed by atoms with van der Waals surface area (Å²) >= 11 is 0. The molecule has 0 spiro atoms. The minimum atomic E-state index is 0.937. The Morgan fingerprint density at radius 3 is 1.33 bits per heavy atom. The maximum absolute atomic E-state index is 6.70. The minimum absolute atomic E-state index is 0.937. The van der Waals surface area contributed by atoms with Gasteiger partial charge in [0.05, 0.1) is 0 Å². The Labute approximate surface area is 312 Å². The van der Waals surface area contributed by atoms with Gasteiger partial charge in [0.25, 0.3) is 0 Å². The van der Waals surface area contributed by atoms with E-state index >= 15 is 0 Å². The third-order valence-electron chi connectivity index (χ3n) is 11.0. The van der Waals surface area contributed by atoms with Gasteiger partial charge in [0, 0.05) is 38.6 Å². The van der Waals surface area contributed by atoms with Gasteiger partial charge < -0.3 is 9.32 Å². The van der Waals surface area contributed by atoms with Crippen molar-refractivity contribution in [3.63, 3.8) is 0 Å². The Kier molecular flexibility index (Phi) is 6.90. The molecule has 11 aromatic rings. The van der Waals surface area contributed by atoms with Crippen LogP contribution in [0.4, 0.5) is 17.1 Å². The van der Waals surface area contributed by atoms with Crippen LogP contribution >= 0.6 is 0 Å². The van der Waals surface area contributed by atoms with Crippen LogP contribution in [-0.4, -0.2) is 0 Å². The summed E-state index contributed by atoms with van der Waals surface area (Å²) < 4.78 is 6.70. The van der Waals surface area contributed by atoms with E-state index < -0.39 is 0 Å². The molecular weight excluding hydrogens is 655 g/mol. The first-order valence-electron chi connectivity index (χ1n) is 18.5. The summed E-state index contributed by atoms with van der Waals surface area (Å²) in [6, 6.07) is 72.3. The predicted octanol–water partition coefficient (Wildman–Crippen LogP) is 15.0. The first kappa shape index (κ1) is 30.5. The third-order valence-corrected chi connectivity index (χ3v) is 11.0. The van der Waals surface area contributed by atoms with Crippen molar-refractivity contribution >= 4 is 82.1 Å². The Morgan fingerprint density at radius 1 is 0.259 bits per heavy atom. The second kappa shape index (κ2) is 12.2. The summed E-state index contributed by atoms with van der Waals surface area (Å²) in [6.07, 6.45) is 0. The van der Waals surface area contributed by atoms with Crippen molar-refractivity contribution in [2.24, 2.45) is 0 Å². The van der Waals surface area contributed by atoms with E-state index in [9.17, 15) is 0 Å². The summed E-state index contributed by atoms with van der Waals surface area (Å²) in [5.74, 6) is 0. The van der Waals surface area contributed by atoms with Crippen molar-refractivity contribution < 1.29 is 4.42 Å². The van der Waals surface area contributed by atoms with Crippen molar-refractivity contribution in [3.05, 3.63) is 200 Å². The Bertz CT molecular complexity index is 3210. The van der Waals surface area contributed by atoms with Crippen LogP contribution in [0.15, 0.2) is 205 Å². The van der Waals surface area contributed by atoms with Crippen LogP contribution in [-0.2, 0) is 0 Å². The fraction of sp³-hybridized carbons (Fsp3) is 0. The van der Waals surface area contributed by atoms with Crippen LogP contribution in [0.5, 0.6) is 0 Å². The van der Waals surface area contributed by atoms with Gasteiger partial charge in [0.2, 0.25) is 0 Å². The highest BCUT2D eigenvalue weighted by atomic mass is 16.3. The Morgan fingerprint density at radius 2 is 0.685 bits per heavy atom. The van der Waals surface area contributed by atoms with E-state index in [1.807, 2.05) is 0 Å². The Balaban J connectivity index is 0.992. The molecule has 0 radical (unpaired) electrons. The molecular formula is C52H33NO. The zero-order valence-electron chi connectivity index (χ0n) is 29.4. The van der Waals surface area contributed by atoms with Crippen LogP contribution in [0.3, 0.4) is 0 Å². The number of fused-ring (bicyclic) bond motifs is 9. The monoisotopic (exact) mass is 687 g/mol. The van der Waals surface area contributed by atoms with Crippen molar-refractivity contribution in [3.8, 4) is 22.3 Å². The summed E-state index contributed by atoms with van der Waals surface area (Å²) in [4.78, 5) is 2.35. The summed E-state index contributed by atoms with van der Waals surface area (Å²) in [5, 5.41) is 11.9. The normalized spacial score (nSPS) is 11.7. The van der Waals surface area contributed by atoms with Crippen LogP contribution in [0.25, 0.3) is 87.3 Å². The topological polar surface area (TPSA) is 16.4 Å². The number of nitrogens with zero attached hydrogens (tertiary/aromatic N) is 1. The van der Waals surface area contributed by atoms with Crippen LogP contribution < -0.4 is 4.90 Å². The lowest BCUT2D eigenvalue weighted by atomic mass is 9.98. The molecule has 0 unspecified atom stereocenters. The smallest absolute Gasteiger partial charge is 0.143 e. The van der Waals surface area contributed by atoms with Gasteiger partial charge in [-0.05, 0) is 115 Å². The molecule has 0 saturated carbocycles. The van der Waals surface area contributed by atoms with Gasteiger partial charge in [-0.3, -0.25) is 0 Å². The van der Waals surface area contributed by atoms with Crippen LogP contribution in [0.2, 0.25) is 0 Å². The molecule has 252 valence electrons. The van der Waals surface area contributed by atoms with E-state index in [2.05, 4.69) is 205 Å². The number of anilines is 3. The van der Waals surface area contributed by atoms with E-state index in [0.29, 0.717) is 0 Å². The fourth-order valence-electron chi connectivity index (χ4n) is 8.20. The average molecular weight is 688 g/mol. The summed E-state index contributed by atoms with van der Waals surface area (Å²) in [6.45, 7) is 0. The lowest BCUT2D eigenvalue weighted by molar-refractivity contribution is 0.676. The van der Waals surface area contributed by atoms with Gasteiger partial charge in [-0.25, -0.2) is 0 Å². The van der Waals surface area contributed by atoms with Crippen LogP contribution in [0.1, 0.15) is 0 Å². The molecule has 0 atom stereocenters. The van der Waals surface area contributed by atoms with Crippen molar-refractivity contribution in [2.75, 3.05) is 4.90 Å². The van der Waals surface area contributed by atoms with E-state index in [0.717, 1.165) is 60.9 Å². The Hall–Kier alpha value is -7.16. The number of hydrogen-bond acceptors (Lipinski definition) is 2. The molecule has 0 saturated heterocycles.